The summed E-state index contributed by atoms with van der Waals surface area (Å²) in [6, 6.07) is 17.7. The normalized spacial score (nSPS) is 17.9. The lowest BCUT2D eigenvalue weighted by atomic mass is 9.94. The van der Waals surface area contributed by atoms with Gasteiger partial charge in [0.05, 0.1) is 11.6 Å². The fourth-order valence-corrected chi connectivity index (χ4v) is 4.42. The number of carbonyl (C=O) groups is 3. The number of anilines is 1. The smallest absolute Gasteiger partial charge is 0.308 e. The van der Waals surface area contributed by atoms with Crippen LogP contribution in [0.4, 0.5) is 5.69 Å². The number of benzene rings is 3. The molecule has 0 aliphatic carbocycles. The van der Waals surface area contributed by atoms with Crippen LogP contribution in [0.15, 0.2) is 72.3 Å². The first-order chi connectivity index (χ1) is 17.4. The van der Waals surface area contributed by atoms with Crippen molar-refractivity contribution in [2.24, 2.45) is 0 Å². The van der Waals surface area contributed by atoms with Gasteiger partial charge in [0.15, 0.2) is 11.5 Å². The van der Waals surface area contributed by atoms with Crippen LogP contribution in [-0.2, 0) is 20.8 Å². The molecule has 0 aromatic heterocycles. The first-order valence-corrected chi connectivity index (χ1v) is 11.5. The van der Waals surface area contributed by atoms with E-state index in [9.17, 15) is 19.5 Å². The first kappa shape index (κ1) is 23.2. The third-order valence-electron chi connectivity index (χ3n) is 6.15. The van der Waals surface area contributed by atoms with Crippen molar-refractivity contribution in [3.63, 3.8) is 0 Å². The van der Waals surface area contributed by atoms with E-state index in [-0.39, 0.29) is 23.9 Å². The molecule has 36 heavy (non-hydrogen) atoms. The predicted molar refractivity (Wildman–Crippen MR) is 131 cm³/mol. The molecule has 0 spiro atoms. The molecule has 0 radical (unpaired) electrons. The summed E-state index contributed by atoms with van der Waals surface area (Å²) in [6.45, 7) is 3.36. The molecule has 1 N–H and O–H groups in total. The average Bonchev–Trinajstić information content (AvgIpc) is 3.45. The summed E-state index contributed by atoms with van der Waals surface area (Å²) in [5.74, 6) is -1.24. The number of hydrogen-bond acceptors (Lipinski definition) is 7. The zero-order valence-corrected chi connectivity index (χ0v) is 19.7. The lowest BCUT2D eigenvalue weighted by Gasteiger charge is -2.26. The monoisotopic (exact) mass is 485 g/mol. The molecule has 8 nitrogen and oxygen atoms in total. The summed E-state index contributed by atoms with van der Waals surface area (Å²) in [6.07, 6.45) is 0.817. The van der Waals surface area contributed by atoms with Gasteiger partial charge in [0, 0.05) is 18.2 Å². The van der Waals surface area contributed by atoms with Gasteiger partial charge in [-0.15, -0.1) is 0 Å². The Kier molecular flexibility index (Phi) is 5.93. The third kappa shape index (κ3) is 4.07. The highest BCUT2D eigenvalue weighted by atomic mass is 16.7. The summed E-state index contributed by atoms with van der Waals surface area (Å²) in [5.41, 5.74) is 2.29. The van der Waals surface area contributed by atoms with E-state index in [4.69, 9.17) is 14.2 Å². The maximum Gasteiger partial charge on any atom is 0.308 e. The Labute approximate surface area is 207 Å². The van der Waals surface area contributed by atoms with E-state index in [1.807, 2.05) is 19.1 Å². The highest BCUT2D eigenvalue weighted by Crippen LogP contribution is 2.44. The quantitative estimate of drug-likeness (QED) is 0.186. The van der Waals surface area contributed by atoms with Crippen molar-refractivity contribution in [1.82, 2.24) is 0 Å². The molecule has 1 amide bonds. The van der Waals surface area contributed by atoms with Crippen molar-refractivity contribution >= 4 is 29.1 Å². The molecular formula is C28H23NO7. The summed E-state index contributed by atoms with van der Waals surface area (Å²) in [5, 5.41) is 11.3. The minimum absolute atomic E-state index is 0.0562. The highest BCUT2D eigenvalue weighted by molar-refractivity contribution is 6.51. The molecule has 2 aliphatic heterocycles. The number of rotatable bonds is 5. The topological polar surface area (TPSA) is 102 Å². The number of nitrogens with zero attached hydrogens (tertiary/aromatic N) is 1. The lowest BCUT2D eigenvalue weighted by molar-refractivity contribution is -0.132. The summed E-state index contributed by atoms with van der Waals surface area (Å²) >= 11 is 0. The number of aryl methyl sites for hydroxylation is 1. The van der Waals surface area contributed by atoms with Gasteiger partial charge < -0.3 is 19.3 Å². The fraction of sp³-hybridized carbons (Fsp3) is 0.179. The maximum atomic E-state index is 13.4. The molecule has 1 fully saturated rings. The average molecular weight is 485 g/mol. The van der Waals surface area contributed by atoms with E-state index in [0.29, 0.717) is 28.3 Å². The largest absolute Gasteiger partial charge is 0.507 e. The van der Waals surface area contributed by atoms with Crippen LogP contribution in [0.2, 0.25) is 0 Å². The highest BCUT2D eigenvalue weighted by Gasteiger charge is 2.47. The van der Waals surface area contributed by atoms with E-state index in [2.05, 4.69) is 0 Å². The number of ketones is 1. The second kappa shape index (κ2) is 9.22. The lowest BCUT2D eigenvalue weighted by Crippen LogP contribution is -2.29. The number of carbonyl (C=O) groups excluding carboxylic acids is 3. The molecule has 3 aromatic rings. The van der Waals surface area contributed by atoms with Crippen molar-refractivity contribution in [1.29, 1.82) is 0 Å². The van der Waals surface area contributed by atoms with E-state index in [0.717, 1.165) is 12.0 Å². The molecule has 3 aromatic carbocycles. The Morgan fingerprint density at radius 1 is 1.03 bits per heavy atom. The Hall–Kier alpha value is -4.59. The van der Waals surface area contributed by atoms with E-state index in [1.54, 1.807) is 54.6 Å². The van der Waals surface area contributed by atoms with Crippen LogP contribution in [0.5, 0.6) is 17.2 Å². The molecule has 1 atom stereocenters. The van der Waals surface area contributed by atoms with Crippen molar-refractivity contribution in [2.75, 3.05) is 11.7 Å². The molecule has 5 rings (SSSR count). The number of amides is 1. The molecule has 182 valence electrons. The van der Waals surface area contributed by atoms with E-state index >= 15 is 0 Å². The van der Waals surface area contributed by atoms with Crippen LogP contribution in [0, 0.1) is 0 Å². The molecule has 8 heteroatoms. The number of aliphatic hydroxyl groups is 1. The van der Waals surface area contributed by atoms with Crippen molar-refractivity contribution in [3.05, 3.63) is 89.0 Å². The van der Waals surface area contributed by atoms with Gasteiger partial charge in [-0.3, -0.25) is 19.3 Å². The zero-order chi connectivity index (χ0) is 25.4. The predicted octanol–water partition coefficient (Wildman–Crippen LogP) is 4.53. The number of ether oxygens (including phenoxy) is 3. The summed E-state index contributed by atoms with van der Waals surface area (Å²) < 4.78 is 16.0. The Morgan fingerprint density at radius 3 is 2.50 bits per heavy atom. The van der Waals surface area contributed by atoms with Crippen molar-refractivity contribution in [2.45, 2.75) is 26.3 Å². The van der Waals surface area contributed by atoms with E-state index < -0.39 is 23.7 Å². The third-order valence-corrected chi connectivity index (χ3v) is 6.15. The van der Waals surface area contributed by atoms with Gasteiger partial charge >= 0.3 is 5.97 Å². The minimum Gasteiger partial charge on any atom is -0.507 e. The Morgan fingerprint density at radius 2 is 1.78 bits per heavy atom. The van der Waals surface area contributed by atoms with Crippen LogP contribution in [0.1, 0.15) is 36.6 Å². The number of aliphatic hydroxyl groups excluding tert-OH is 1. The van der Waals surface area contributed by atoms with E-state index in [1.165, 1.54) is 11.8 Å². The van der Waals surface area contributed by atoms with Crippen molar-refractivity contribution < 1.29 is 33.7 Å². The summed E-state index contributed by atoms with van der Waals surface area (Å²) in [7, 11) is 0. The zero-order valence-electron chi connectivity index (χ0n) is 19.7. The van der Waals surface area contributed by atoms with Gasteiger partial charge in [-0.05, 0) is 60.0 Å². The van der Waals surface area contributed by atoms with Crippen LogP contribution in [0.25, 0.3) is 5.76 Å². The van der Waals surface area contributed by atoms with Gasteiger partial charge in [-0.1, -0.05) is 31.2 Å². The molecule has 1 unspecified atom stereocenters. The summed E-state index contributed by atoms with van der Waals surface area (Å²) in [4.78, 5) is 39.6. The number of hydrogen-bond donors (Lipinski definition) is 1. The van der Waals surface area contributed by atoms with Gasteiger partial charge in [-0.25, -0.2) is 0 Å². The number of fused-ring (bicyclic) bond motifs is 1. The van der Waals surface area contributed by atoms with Gasteiger partial charge in [-0.2, -0.15) is 0 Å². The second-order valence-electron chi connectivity index (χ2n) is 8.42. The standard InChI is InChI=1S/C28H23NO7/c1-3-17-7-10-20(11-8-17)29-25(18-5-4-6-21(13-18)36-16(2)30)24(27(32)28(29)33)26(31)19-9-12-22-23(14-19)35-15-34-22/h4-14,25,31H,3,15H2,1-2H3/b26-24-. The van der Waals surface area contributed by atoms with Gasteiger partial charge in [0.2, 0.25) is 6.79 Å². The van der Waals surface area contributed by atoms with Gasteiger partial charge in [0.25, 0.3) is 11.7 Å². The van der Waals surface area contributed by atoms with Crippen LogP contribution in [-0.4, -0.2) is 29.6 Å². The first-order valence-electron chi connectivity index (χ1n) is 11.5. The second-order valence-corrected chi connectivity index (χ2v) is 8.42. The molecule has 0 saturated carbocycles. The van der Waals surface area contributed by atoms with Gasteiger partial charge in [0.1, 0.15) is 11.5 Å². The molecule has 2 aliphatic rings. The number of Topliss-reactive ketones (excluding diaryl/α,β-unsaturated/α-hetero) is 1. The molecule has 0 bridgehead atoms. The Bertz CT molecular complexity index is 1410. The van der Waals surface area contributed by atoms with Crippen LogP contribution in [0.3, 0.4) is 0 Å². The minimum atomic E-state index is -0.960. The van der Waals surface area contributed by atoms with Crippen LogP contribution >= 0.6 is 0 Å². The molecule has 1 saturated heterocycles. The fourth-order valence-electron chi connectivity index (χ4n) is 4.42. The maximum absolute atomic E-state index is 13.4. The SMILES string of the molecule is CCc1ccc(N2C(=O)C(=O)/C(=C(\O)c3ccc4c(c3)OCO4)C2c2cccc(OC(C)=O)c2)cc1. The van der Waals surface area contributed by atoms with Crippen LogP contribution < -0.4 is 19.1 Å². The van der Waals surface area contributed by atoms with Crippen molar-refractivity contribution in [3.8, 4) is 17.2 Å². The Balaban J connectivity index is 1.68. The number of esters is 1. The molecule has 2 heterocycles. The molecular weight excluding hydrogens is 462 g/mol.